The molecule has 3 N–H and O–H groups in total. The molecule has 12 nitrogen and oxygen atoms in total. The zero-order valence-corrected chi connectivity index (χ0v) is 25.0. The molecule has 6 rings (SSSR count). The van der Waals surface area contributed by atoms with Crippen LogP contribution < -0.4 is 21.7 Å². The van der Waals surface area contributed by atoms with Crippen molar-refractivity contribution in [2.45, 2.75) is 49.6 Å². The summed E-state index contributed by atoms with van der Waals surface area (Å²) in [5.41, 5.74) is 3.52. The molecule has 2 heterocycles. The summed E-state index contributed by atoms with van der Waals surface area (Å²) >= 11 is 0. The predicted octanol–water partition coefficient (Wildman–Crippen LogP) is 1.02. The van der Waals surface area contributed by atoms with Gasteiger partial charge in [-0.15, -0.1) is 0 Å². The highest BCUT2D eigenvalue weighted by atomic mass is 16.5. The summed E-state index contributed by atoms with van der Waals surface area (Å²) in [7, 11) is 4.79. The smallest absolute Gasteiger partial charge is 0.355 e. The number of piperidine rings is 1. The molecule has 1 aliphatic heterocycles. The van der Waals surface area contributed by atoms with Gasteiger partial charge in [0, 0.05) is 38.3 Å². The Morgan fingerprint density at radius 2 is 1.64 bits per heavy atom. The number of rotatable bonds is 8. The number of nitrogens with one attached hydrogen (secondary N) is 3. The zero-order valence-electron chi connectivity index (χ0n) is 25.0. The maximum absolute atomic E-state index is 13.2. The topological polar surface area (TPSA) is 162 Å². The van der Waals surface area contributed by atoms with Gasteiger partial charge in [-0.2, -0.15) is 15.0 Å². The van der Waals surface area contributed by atoms with E-state index in [2.05, 4.69) is 27.0 Å². The van der Waals surface area contributed by atoms with Crippen LogP contribution in [0.1, 0.15) is 68.1 Å². The lowest BCUT2D eigenvalue weighted by molar-refractivity contribution is -0.131. The van der Waals surface area contributed by atoms with Crippen LogP contribution in [0.25, 0.3) is 0 Å². The number of carbonyl (C=O) groups excluding carboxylic acids is 3. The molecule has 1 aromatic heterocycles. The molecule has 1 unspecified atom stereocenters. The number of hydrogen-bond donors (Lipinski definition) is 3. The first-order valence-electron chi connectivity index (χ1n) is 14.9. The molecular weight excluding hydrogens is 562 g/mol. The number of aromatic nitrogens is 2. The largest absolute Gasteiger partial charge is 0.459 e. The molecule has 1 saturated heterocycles. The number of benzene rings is 2. The van der Waals surface area contributed by atoms with Gasteiger partial charge in [-0.25, -0.2) is 4.79 Å². The lowest BCUT2D eigenvalue weighted by Crippen LogP contribution is -2.44. The third kappa shape index (κ3) is 4.87. The molecule has 3 aromatic rings. The van der Waals surface area contributed by atoms with Gasteiger partial charge in [0.2, 0.25) is 5.91 Å². The number of nitrogens with zero attached hydrogens (tertiary/aromatic N) is 4. The highest BCUT2D eigenvalue weighted by molar-refractivity contribution is 5.95. The van der Waals surface area contributed by atoms with E-state index in [0.717, 1.165) is 35.1 Å². The summed E-state index contributed by atoms with van der Waals surface area (Å²) in [6.07, 6.45) is 3.23. The summed E-state index contributed by atoms with van der Waals surface area (Å²) in [5, 5.41) is 18.2. The van der Waals surface area contributed by atoms with Crippen molar-refractivity contribution in [1.82, 2.24) is 30.6 Å². The van der Waals surface area contributed by atoms with Crippen LogP contribution in [0.2, 0.25) is 0 Å². The molecule has 12 heteroatoms. The van der Waals surface area contributed by atoms with E-state index in [1.54, 1.807) is 38.2 Å². The van der Waals surface area contributed by atoms with E-state index in [-0.39, 0.29) is 36.3 Å². The molecule has 1 saturated carbocycles. The molecular formula is C32H35N7O5. The fourth-order valence-electron chi connectivity index (χ4n) is 7.24. The van der Waals surface area contributed by atoms with Gasteiger partial charge < -0.3 is 25.4 Å². The van der Waals surface area contributed by atoms with Crippen LogP contribution in [0.3, 0.4) is 0 Å². The van der Waals surface area contributed by atoms with E-state index in [4.69, 9.17) is 4.52 Å². The number of fused-ring (bicyclic) bond motifs is 3. The minimum absolute atomic E-state index is 0.0696. The van der Waals surface area contributed by atoms with E-state index < -0.39 is 11.2 Å². The van der Waals surface area contributed by atoms with Crippen LogP contribution in [0.4, 0.5) is 0 Å². The highest BCUT2D eigenvalue weighted by Gasteiger charge is 2.54. The molecule has 2 aromatic carbocycles. The van der Waals surface area contributed by atoms with Gasteiger partial charge in [-0.3, -0.25) is 14.4 Å². The van der Waals surface area contributed by atoms with Crippen molar-refractivity contribution in [3.8, 4) is 6.07 Å². The molecule has 0 radical (unpaired) electrons. The van der Waals surface area contributed by atoms with Crippen molar-refractivity contribution in [3.63, 3.8) is 0 Å². The van der Waals surface area contributed by atoms with Crippen molar-refractivity contribution in [1.29, 1.82) is 5.26 Å². The maximum Gasteiger partial charge on any atom is 0.459 e. The summed E-state index contributed by atoms with van der Waals surface area (Å²) in [6, 6.07) is 13.1. The first kappa shape index (κ1) is 29.3. The molecule has 3 amide bonds. The first-order valence-corrected chi connectivity index (χ1v) is 14.9. The van der Waals surface area contributed by atoms with E-state index in [1.807, 2.05) is 24.3 Å². The summed E-state index contributed by atoms with van der Waals surface area (Å²) in [6.45, 7) is 0.430. The van der Waals surface area contributed by atoms with Gasteiger partial charge in [0.1, 0.15) is 6.04 Å². The minimum atomic E-state index is -1.02. The molecule has 0 spiro atoms. The van der Waals surface area contributed by atoms with E-state index in [1.165, 1.54) is 4.74 Å². The number of aryl methyl sites for hydroxylation is 3. The number of hydrogen-bond acceptors (Lipinski definition) is 8. The predicted molar refractivity (Wildman–Crippen MR) is 159 cm³/mol. The third-order valence-corrected chi connectivity index (χ3v) is 9.36. The maximum atomic E-state index is 13.2. The van der Waals surface area contributed by atoms with Gasteiger partial charge in [0.05, 0.1) is 18.0 Å². The van der Waals surface area contributed by atoms with Crippen molar-refractivity contribution in [2.24, 2.45) is 13.0 Å². The third-order valence-electron chi connectivity index (χ3n) is 9.36. The number of likely N-dealkylation sites (tertiary alicyclic amines) is 1. The summed E-state index contributed by atoms with van der Waals surface area (Å²) < 4.78 is 6.76. The van der Waals surface area contributed by atoms with Crippen molar-refractivity contribution < 1.29 is 18.9 Å². The van der Waals surface area contributed by atoms with Gasteiger partial charge in [0.15, 0.2) is 5.82 Å². The minimum Gasteiger partial charge on any atom is -0.355 e. The van der Waals surface area contributed by atoms with Crippen LogP contribution >= 0.6 is 0 Å². The lowest BCUT2D eigenvalue weighted by Gasteiger charge is -2.35. The Bertz CT molecular complexity index is 1680. The molecule has 0 bridgehead atoms. The van der Waals surface area contributed by atoms with Gasteiger partial charge in [-0.05, 0) is 91.1 Å². The average molecular weight is 598 g/mol. The Balaban J connectivity index is 1.43. The molecule has 2 aliphatic carbocycles. The normalized spacial score (nSPS) is 20.9. The second-order valence-corrected chi connectivity index (χ2v) is 11.8. The number of carbonyl (C=O) groups is 3. The van der Waals surface area contributed by atoms with E-state index in [9.17, 15) is 24.4 Å². The molecule has 3 aliphatic rings. The quantitative estimate of drug-likeness (QED) is 0.324. The fourth-order valence-corrected chi connectivity index (χ4v) is 7.24. The number of nitriles is 1. The van der Waals surface area contributed by atoms with Crippen molar-refractivity contribution in [2.75, 3.05) is 27.2 Å². The van der Waals surface area contributed by atoms with Gasteiger partial charge >= 0.3 is 5.76 Å². The Labute approximate surface area is 254 Å². The Hall–Kier alpha value is -4.76. The molecule has 3 atom stereocenters. The average Bonchev–Trinajstić information content (AvgIpc) is 3.60. The summed E-state index contributed by atoms with van der Waals surface area (Å²) in [4.78, 5) is 57.0. The zero-order chi connectivity index (χ0) is 31.2. The Kier molecular flexibility index (Phi) is 7.59. The first-order chi connectivity index (χ1) is 21.2. The molecule has 228 valence electrons. The van der Waals surface area contributed by atoms with Crippen LogP contribution in [0.15, 0.2) is 45.7 Å². The van der Waals surface area contributed by atoms with E-state index in [0.29, 0.717) is 48.7 Å². The lowest BCUT2D eigenvalue weighted by atomic mass is 9.69. The van der Waals surface area contributed by atoms with Crippen LogP contribution in [-0.2, 0) is 30.1 Å². The highest BCUT2D eigenvalue weighted by Crippen LogP contribution is 2.48. The Morgan fingerprint density at radius 3 is 2.16 bits per heavy atom. The second kappa shape index (κ2) is 11.4. The monoisotopic (exact) mass is 597 g/mol. The van der Waals surface area contributed by atoms with Crippen LogP contribution in [0.5, 0.6) is 0 Å². The van der Waals surface area contributed by atoms with Gasteiger partial charge in [-0.1, -0.05) is 12.1 Å². The van der Waals surface area contributed by atoms with Gasteiger partial charge in [0.25, 0.3) is 11.8 Å². The van der Waals surface area contributed by atoms with Crippen molar-refractivity contribution >= 4 is 17.7 Å². The second-order valence-electron chi connectivity index (χ2n) is 11.8. The SMILES string of the molecule is CNC(=O)c1ccc2c(c1)CCc1cc(C(=O)NC)ccc1C2(CCNCC(=O)N1C(C#N)C[C@@H]2C[C@@H]21)c1nc(=O)on1C. The Morgan fingerprint density at radius 1 is 1.02 bits per heavy atom. The van der Waals surface area contributed by atoms with Crippen LogP contribution in [0, 0.1) is 17.2 Å². The molecule has 2 fully saturated rings. The van der Waals surface area contributed by atoms with E-state index >= 15 is 0 Å². The summed E-state index contributed by atoms with van der Waals surface area (Å²) in [5.74, 6) is -0.462. The van der Waals surface area contributed by atoms with Crippen molar-refractivity contribution in [3.05, 3.63) is 86.2 Å². The van der Waals surface area contributed by atoms with Crippen LogP contribution in [-0.4, -0.2) is 71.6 Å². The standard InChI is InChI=1S/C32H35N7O5/c1-34-28(41)20-6-8-24-18(12-20)4-5-19-13-21(29(42)35-2)7-9-25(19)32(24,30-37-31(43)44-38(30)3)10-11-36-17-27(40)39-23(16-33)14-22-15-26(22)39/h6-9,12-13,22-23,26,36H,4-5,10-11,14-15,17H2,1-3H3,(H,34,41)(H,35,42)/t22-,23?,26+/m1/s1. The molecule has 44 heavy (non-hydrogen) atoms. The number of amides is 3. The fraction of sp³-hybridized carbons (Fsp3) is 0.438.